The van der Waals surface area contributed by atoms with Gasteiger partial charge in [0.25, 0.3) is 5.24 Å². The van der Waals surface area contributed by atoms with Gasteiger partial charge in [0.1, 0.15) is 0 Å². The Balaban J connectivity index is 2.17. The summed E-state index contributed by atoms with van der Waals surface area (Å²) in [7, 11) is 3.43. The standard InChI is InChI=1S/C18H17NO2S/c1-19(2)18(21)22-17-11-7-6-10-15(17)12-13-16(20)14-8-4-3-5-9-14/h3-13H,1-2H3/b13-12+. The summed E-state index contributed by atoms with van der Waals surface area (Å²) in [5, 5.41) is -0.0461. The summed E-state index contributed by atoms with van der Waals surface area (Å²) < 4.78 is 0. The van der Waals surface area contributed by atoms with Crippen molar-refractivity contribution in [2.45, 2.75) is 4.90 Å². The average Bonchev–Trinajstić information content (AvgIpc) is 2.54. The SMILES string of the molecule is CN(C)C(=O)Sc1ccccc1/C=C/C(=O)c1ccccc1. The number of ketones is 1. The summed E-state index contributed by atoms with van der Waals surface area (Å²) in [6.07, 6.45) is 3.29. The van der Waals surface area contributed by atoms with Gasteiger partial charge in [-0.25, -0.2) is 0 Å². The Kier molecular flexibility index (Phi) is 5.55. The molecule has 112 valence electrons. The van der Waals surface area contributed by atoms with E-state index < -0.39 is 0 Å². The fourth-order valence-electron chi connectivity index (χ4n) is 1.76. The van der Waals surface area contributed by atoms with Crippen LogP contribution in [-0.4, -0.2) is 30.0 Å². The van der Waals surface area contributed by atoms with Crippen molar-refractivity contribution >= 4 is 28.9 Å². The van der Waals surface area contributed by atoms with Crippen molar-refractivity contribution in [1.82, 2.24) is 4.90 Å². The minimum absolute atomic E-state index is 0.0461. The maximum atomic E-state index is 12.1. The zero-order valence-corrected chi connectivity index (χ0v) is 13.3. The molecule has 0 bridgehead atoms. The number of allylic oxidation sites excluding steroid dienone is 1. The molecule has 2 aromatic rings. The van der Waals surface area contributed by atoms with Crippen LogP contribution in [0.15, 0.2) is 65.6 Å². The molecule has 4 heteroatoms. The van der Waals surface area contributed by atoms with Gasteiger partial charge < -0.3 is 4.90 Å². The van der Waals surface area contributed by atoms with Crippen molar-refractivity contribution < 1.29 is 9.59 Å². The van der Waals surface area contributed by atoms with E-state index in [0.717, 1.165) is 22.2 Å². The van der Waals surface area contributed by atoms with Crippen molar-refractivity contribution in [2.75, 3.05) is 14.1 Å². The number of carbonyl (C=O) groups excluding carboxylic acids is 2. The molecule has 2 rings (SSSR count). The van der Waals surface area contributed by atoms with Crippen molar-refractivity contribution in [3.63, 3.8) is 0 Å². The molecule has 0 aliphatic heterocycles. The van der Waals surface area contributed by atoms with Crippen LogP contribution in [0.4, 0.5) is 4.79 Å². The smallest absolute Gasteiger partial charge is 0.285 e. The Bertz CT molecular complexity index is 693. The van der Waals surface area contributed by atoms with Gasteiger partial charge in [0, 0.05) is 24.6 Å². The third-order valence-corrected chi connectivity index (χ3v) is 4.09. The van der Waals surface area contributed by atoms with Crippen LogP contribution in [0.5, 0.6) is 0 Å². The normalized spacial score (nSPS) is 10.6. The molecule has 0 saturated heterocycles. The van der Waals surface area contributed by atoms with E-state index in [0.29, 0.717) is 5.56 Å². The fraction of sp³-hybridized carbons (Fsp3) is 0.111. The number of thioether (sulfide) groups is 1. The van der Waals surface area contributed by atoms with Crippen molar-refractivity contribution in [3.8, 4) is 0 Å². The molecule has 22 heavy (non-hydrogen) atoms. The first-order chi connectivity index (χ1) is 10.6. The Morgan fingerprint density at radius 3 is 2.27 bits per heavy atom. The molecule has 0 fully saturated rings. The highest BCUT2D eigenvalue weighted by Crippen LogP contribution is 2.25. The quantitative estimate of drug-likeness (QED) is 0.478. The predicted octanol–water partition coefficient (Wildman–Crippen LogP) is 4.36. The number of carbonyl (C=O) groups is 2. The third-order valence-electron chi connectivity index (χ3n) is 2.95. The maximum absolute atomic E-state index is 12.1. The van der Waals surface area contributed by atoms with E-state index in [2.05, 4.69) is 0 Å². The minimum atomic E-state index is -0.0562. The first-order valence-corrected chi connectivity index (χ1v) is 7.65. The summed E-state index contributed by atoms with van der Waals surface area (Å²) in [6, 6.07) is 16.6. The Hall–Kier alpha value is -2.33. The second-order valence-corrected chi connectivity index (χ2v) is 5.86. The van der Waals surface area contributed by atoms with Gasteiger partial charge >= 0.3 is 0 Å². The summed E-state index contributed by atoms with van der Waals surface area (Å²) >= 11 is 1.15. The average molecular weight is 311 g/mol. The molecule has 0 unspecified atom stereocenters. The molecule has 1 amide bonds. The lowest BCUT2D eigenvalue weighted by Crippen LogP contribution is -2.16. The van der Waals surface area contributed by atoms with E-state index in [1.165, 1.54) is 11.0 Å². The molecule has 0 radical (unpaired) electrons. The molecule has 0 saturated carbocycles. The van der Waals surface area contributed by atoms with Gasteiger partial charge in [0.2, 0.25) is 0 Å². The molecule has 0 heterocycles. The first kappa shape index (κ1) is 16.0. The van der Waals surface area contributed by atoms with Crippen LogP contribution in [0, 0.1) is 0 Å². The number of rotatable bonds is 4. The van der Waals surface area contributed by atoms with E-state index in [9.17, 15) is 9.59 Å². The van der Waals surface area contributed by atoms with Gasteiger partial charge in [-0.2, -0.15) is 0 Å². The molecule has 3 nitrogen and oxygen atoms in total. The maximum Gasteiger partial charge on any atom is 0.285 e. The first-order valence-electron chi connectivity index (χ1n) is 6.83. The van der Waals surface area contributed by atoms with Crippen LogP contribution in [0.2, 0.25) is 0 Å². The topological polar surface area (TPSA) is 37.4 Å². The molecule has 0 atom stereocenters. The van der Waals surface area contributed by atoms with Crippen LogP contribution in [0.3, 0.4) is 0 Å². The lowest BCUT2D eigenvalue weighted by atomic mass is 10.1. The second-order valence-electron chi connectivity index (χ2n) is 4.86. The number of hydrogen-bond donors (Lipinski definition) is 0. The molecular weight excluding hydrogens is 294 g/mol. The van der Waals surface area contributed by atoms with E-state index in [1.807, 2.05) is 42.5 Å². The van der Waals surface area contributed by atoms with Crippen LogP contribution in [0.25, 0.3) is 6.08 Å². The van der Waals surface area contributed by atoms with E-state index >= 15 is 0 Å². The highest BCUT2D eigenvalue weighted by molar-refractivity contribution is 8.13. The van der Waals surface area contributed by atoms with Crippen LogP contribution < -0.4 is 0 Å². The lowest BCUT2D eigenvalue weighted by Gasteiger charge is -2.10. The molecule has 0 spiro atoms. The van der Waals surface area contributed by atoms with Crippen LogP contribution >= 0.6 is 11.8 Å². The molecule has 0 N–H and O–H groups in total. The number of benzene rings is 2. The fourth-order valence-corrected chi connectivity index (χ4v) is 2.53. The summed E-state index contributed by atoms with van der Waals surface area (Å²) in [6.45, 7) is 0. The number of nitrogens with zero attached hydrogens (tertiary/aromatic N) is 1. The minimum Gasteiger partial charge on any atom is -0.339 e. The highest BCUT2D eigenvalue weighted by Gasteiger charge is 2.09. The summed E-state index contributed by atoms with van der Waals surface area (Å²) in [5.41, 5.74) is 1.50. The molecule has 0 aliphatic rings. The van der Waals surface area contributed by atoms with Gasteiger partial charge in [-0.1, -0.05) is 48.5 Å². The van der Waals surface area contributed by atoms with Gasteiger partial charge in [0.05, 0.1) is 0 Å². The molecular formula is C18H17NO2S. The Labute approximate surface area is 134 Å². The molecule has 2 aromatic carbocycles. The zero-order chi connectivity index (χ0) is 15.9. The van der Waals surface area contributed by atoms with Crippen LogP contribution in [0.1, 0.15) is 15.9 Å². The largest absolute Gasteiger partial charge is 0.339 e. The van der Waals surface area contributed by atoms with E-state index in [-0.39, 0.29) is 11.0 Å². The highest BCUT2D eigenvalue weighted by atomic mass is 32.2. The van der Waals surface area contributed by atoms with E-state index in [1.54, 1.807) is 32.3 Å². The van der Waals surface area contributed by atoms with Gasteiger partial charge in [-0.05, 0) is 35.5 Å². The third kappa shape index (κ3) is 4.33. The Morgan fingerprint density at radius 1 is 0.955 bits per heavy atom. The second kappa shape index (κ2) is 7.61. The van der Waals surface area contributed by atoms with Crippen molar-refractivity contribution in [1.29, 1.82) is 0 Å². The number of amides is 1. The lowest BCUT2D eigenvalue weighted by molar-refractivity contribution is 0.104. The van der Waals surface area contributed by atoms with E-state index in [4.69, 9.17) is 0 Å². The molecule has 0 aromatic heterocycles. The Morgan fingerprint density at radius 2 is 1.59 bits per heavy atom. The van der Waals surface area contributed by atoms with Gasteiger partial charge in [-0.3, -0.25) is 9.59 Å². The summed E-state index contributed by atoms with van der Waals surface area (Å²) in [5.74, 6) is -0.0562. The van der Waals surface area contributed by atoms with Crippen molar-refractivity contribution in [3.05, 3.63) is 71.8 Å². The monoisotopic (exact) mass is 311 g/mol. The van der Waals surface area contributed by atoms with Crippen LogP contribution in [-0.2, 0) is 0 Å². The summed E-state index contributed by atoms with van der Waals surface area (Å²) in [4.78, 5) is 26.3. The molecule has 0 aliphatic carbocycles. The number of hydrogen-bond acceptors (Lipinski definition) is 3. The predicted molar refractivity (Wildman–Crippen MR) is 91.2 cm³/mol. The van der Waals surface area contributed by atoms with Gasteiger partial charge in [0.15, 0.2) is 5.78 Å². The van der Waals surface area contributed by atoms with Crippen molar-refractivity contribution in [2.24, 2.45) is 0 Å². The zero-order valence-electron chi connectivity index (χ0n) is 12.5. The van der Waals surface area contributed by atoms with Gasteiger partial charge in [-0.15, -0.1) is 0 Å².